The molecule has 2 aliphatic heterocycles. The topological polar surface area (TPSA) is 38.8 Å². The van der Waals surface area contributed by atoms with Gasteiger partial charge in [-0.3, -0.25) is 9.69 Å². The third-order valence-corrected chi connectivity index (χ3v) is 7.84. The number of hydrogen-bond acceptors (Lipinski definition) is 4. The summed E-state index contributed by atoms with van der Waals surface area (Å²) in [7, 11) is 0. The third-order valence-electron chi connectivity index (χ3n) is 7.84. The SMILES string of the molecule is CCc1ccc(CN2CC3C(CNc4ccc(N5CCN(C(C)=O)CC5)c(F)c4)C3C2)cc1. The summed E-state index contributed by atoms with van der Waals surface area (Å²) in [4.78, 5) is 17.9. The molecule has 0 aromatic heterocycles. The molecule has 1 saturated carbocycles. The first-order valence-electron chi connectivity index (χ1n) is 12.4. The number of carbonyl (C=O) groups excluding carboxylic acids is 1. The average molecular weight is 451 g/mol. The third kappa shape index (κ3) is 4.86. The van der Waals surface area contributed by atoms with Crippen LogP contribution in [-0.2, 0) is 17.8 Å². The number of carbonyl (C=O) groups is 1. The van der Waals surface area contributed by atoms with E-state index in [-0.39, 0.29) is 11.7 Å². The zero-order valence-electron chi connectivity index (χ0n) is 19.8. The van der Waals surface area contributed by atoms with Gasteiger partial charge in [0.2, 0.25) is 5.91 Å². The van der Waals surface area contributed by atoms with E-state index in [1.54, 1.807) is 13.0 Å². The lowest BCUT2D eigenvalue weighted by Gasteiger charge is -2.35. The molecule has 5 nitrogen and oxygen atoms in total. The highest BCUT2D eigenvalue weighted by Gasteiger charge is 2.54. The maximum absolute atomic E-state index is 14.8. The molecule has 2 unspecified atom stereocenters. The number of nitrogens with zero attached hydrogens (tertiary/aromatic N) is 3. The molecule has 176 valence electrons. The van der Waals surface area contributed by atoms with Crippen molar-refractivity contribution in [3.8, 4) is 0 Å². The summed E-state index contributed by atoms with van der Waals surface area (Å²) in [6, 6.07) is 14.5. The van der Waals surface area contributed by atoms with E-state index in [2.05, 4.69) is 41.4 Å². The van der Waals surface area contributed by atoms with Crippen molar-refractivity contribution in [2.45, 2.75) is 26.8 Å². The van der Waals surface area contributed by atoms with Crippen LogP contribution in [0.25, 0.3) is 0 Å². The number of hydrogen-bond donors (Lipinski definition) is 1. The molecule has 2 aromatic carbocycles. The predicted molar refractivity (Wildman–Crippen MR) is 131 cm³/mol. The quantitative estimate of drug-likeness (QED) is 0.696. The molecular formula is C27H35FN4O. The van der Waals surface area contributed by atoms with E-state index in [0.29, 0.717) is 37.8 Å². The Morgan fingerprint density at radius 3 is 2.27 bits per heavy atom. The number of likely N-dealkylation sites (tertiary alicyclic amines) is 1. The van der Waals surface area contributed by atoms with Crippen LogP contribution >= 0.6 is 0 Å². The highest BCUT2D eigenvalue weighted by Crippen LogP contribution is 2.51. The fourth-order valence-corrected chi connectivity index (χ4v) is 5.68. The Kier molecular flexibility index (Phi) is 6.28. The lowest BCUT2D eigenvalue weighted by atomic mass is 10.1. The summed E-state index contributed by atoms with van der Waals surface area (Å²) in [5, 5.41) is 3.48. The standard InChI is InChI=1S/C27H35FN4O/c1-3-20-4-6-21(7-5-20)16-30-17-24-23(25(24)18-30)15-29-22-8-9-27(26(28)14-22)32-12-10-31(11-13-32)19(2)33/h4-9,14,23-25,29H,3,10-13,15-18H2,1-2H3. The molecule has 3 aliphatic rings. The summed E-state index contributed by atoms with van der Waals surface area (Å²) in [5.74, 6) is 2.15. The minimum atomic E-state index is -0.187. The Morgan fingerprint density at radius 2 is 1.67 bits per heavy atom. The van der Waals surface area contributed by atoms with Crippen molar-refractivity contribution < 1.29 is 9.18 Å². The second kappa shape index (κ2) is 9.34. The minimum Gasteiger partial charge on any atom is -0.385 e. The zero-order chi connectivity index (χ0) is 22.9. The Bertz CT molecular complexity index is 974. The molecule has 0 bridgehead atoms. The second-order valence-electron chi connectivity index (χ2n) is 9.90. The van der Waals surface area contributed by atoms with Crippen molar-refractivity contribution in [3.05, 3.63) is 59.4 Å². The van der Waals surface area contributed by atoms with E-state index in [0.717, 1.165) is 37.0 Å². The van der Waals surface area contributed by atoms with E-state index in [1.165, 1.54) is 24.2 Å². The number of halogens is 1. The van der Waals surface area contributed by atoms with E-state index in [1.807, 2.05) is 21.9 Å². The van der Waals surface area contributed by atoms with Crippen LogP contribution in [0.2, 0.25) is 0 Å². The first-order valence-corrected chi connectivity index (χ1v) is 12.4. The number of piperazine rings is 1. The van der Waals surface area contributed by atoms with Crippen LogP contribution in [0.1, 0.15) is 25.0 Å². The summed E-state index contributed by atoms with van der Waals surface area (Å²) in [6.07, 6.45) is 1.09. The van der Waals surface area contributed by atoms with Crippen LogP contribution < -0.4 is 10.2 Å². The van der Waals surface area contributed by atoms with Crippen molar-refractivity contribution >= 4 is 17.3 Å². The van der Waals surface area contributed by atoms with Gasteiger partial charge in [-0.05, 0) is 53.5 Å². The van der Waals surface area contributed by atoms with E-state index in [9.17, 15) is 9.18 Å². The zero-order valence-corrected chi connectivity index (χ0v) is 19.8. The summed E-state index contributed by atoms with van der Waals surface area (Å²) in [6.45, 7) is 10.8. The van der Waals surface area contributed by atoms with Gasteiger partial charge in [0.05, 0.1) is 5.69 Å². The minimum absolute atomic E-state index is 0.0910. The Balaban J connectivity index is 1.07. The maximum Gasteiger partial charge on any atom is 0.219 e. The van der Waals surface area contributed by atoms with Gasteiger partial charge in [0.15, 0.2) is 0 Å². The van der Waals surface area contributed by atoms with Gasteiger partial charge in [-0.1, -0.05) is 31.2 Å². The fourth-order valence-electron chi connectivity index (χ4n) is 5.68. The van der Waals surface area contributed by atoms with E-state index in [4.69, 9.17) is 0 Å². The number of benzene rings is 2. The second-order valence-corrected chi connectivity index (χ2v) is 9.90. The van der Waals surface area contributed by atoms with Crippen LogP contribution in [0.4, 0.5) is 15.8 Å². The van der Waals surface area contributed by atoms with Crippen molar-refractivity contribution in [3.63, 3.8) is 0 Å². The van der Waals surface area contributed by atoms with Crippen LogP contribution in [-0.4, -0.2) is 61.5 Å². The van der Waals surface area contributed by atoms with Gasteiger partial charge in [-0.25, -0.2) is 4.39 Å². The largest absolute Gasteiger partial charge is 0.385 e. The van der Waals surface area contributed by atoms with Crippen LogP contribution in [0.3, 0.4) is 0 Å². The molecule has 0 radical (unpaired) electrons. The molecule has 2 atom stereocenters. The molecule has 5 rings (SSSR count). The molecule has 33 heavy (non-hydrogen) atoms. The Morgan fingerprint density at radius 1 is 1.00 bits per heavy atom. The van der Waals surface area contributed by atoms with Crippen molar-refractivity contribution in [1.82, 2.24) is 9.80 Å². The summed E-state index contributed by atoms with van der Waals surface area (Å²) < 4.78 is 14.8. The average Bonchev–Trinajstić information content (AvgIpc) is 3.28. The van der Waals surface area contributed by atoms with Gasteiger partial charge in [0, 0.05) is 65.0 Å². The molecule has 3 fully saturated rings. The lowest BCUT2D eigenvalue weighted by molar-refractivity contribution is -0.129. The first kappa shape index (κ1) is 22.2. The number of amides is 1. The van der Waals surface area contributed by atoms with Crippen molar-refractivity contribution in [1.29, 1.82) is 0 Å². The number of anilines is 2. The molecule has 1 aliphatic carbocycles. The Labute approximate surface area is 196 Å². The predicted octanol–water partition coefficient (Wildman–Crippen LogP) is 3.85. The highest BCUT2D eigenvalue weighted by atomic mass is 19.1. The van der Waals surface area contributed by atoms with Crippen LogP contribution in [0.5, 0.6) is 0 Å². The van der Waals surface area contributed by atoms with Crippen molar-refractivity contribution in [2.75, 3.05) is 56.0 Å². The first-order chi connectivity index (χ1) is 16.0. The fraction of sp³-hybridized carbons (Fsp3) is 0.519. The molecule has 0 spiro atoms. The lowest BCUT2D eigenvalue weighted by Crippen LogP contribution is -2.48. The molecule has 1 N–H and O–H groups in total. The number of nitrogens with one attached hydrogen (secondary N) is 1. The number of piperidine rings is 1. The molecule has 2 saturated heterocycles. The summed E-state index contributed by atoms with van der Waals surface area (Å²) >= 11 is 0. The monoisotopic (exact) mass is 450 g/mol. The number of fused-ring (bicyclic) bond motifs is 1. The molecule has 6 heteroatoms. The molecule has 2 aromatic rings. The van der Waals surface area contributed by atoms with Crippen molar-refractivity contribution in [2.24, 2.45) is 17.8 Å². The highest BCUT2D eigenvalue weighted by molar-refractivity contribution is 5.73. The normalized spacial score (nSPS) is 24.6. The summed E-state index contributed by atoms with van der Waals surface area (Å²) in [5.41, 5.74) is 4.29. The number of rotatable bonds is 7. The van der Waals surface area contributed by atoms with E-state index < -0.39 is 0 Å². The van der Waals surface area contributed by atoms with Crippen LogP contribution in [0.15, 0.2) is 42.5 Å². The van der Waals surface area contributed by atoms with Crippen LogP contribution in [0, 0.1) is 23.6 Å². The number of aryl methyl sites for hydroxylation is 1. The van der Waals surface area contributed by atoms with Gasteiger partial charge >= 0.3 is 0 Å². The Hall–Kier alpha value is -2.60. The molecule has 2 heterocycles. The van der Waals surface area contributed by atoms with Gasteiger partial charge in [-0.2, -0.15) is 0 Å². The van der Waals surface area contributed by atoms with Gasteiger partial charge in [0.1, 0.15) is 5.82 Å². The van der Waals surface area contributed by atoms with Gasteiger partial charge in [0.25, 0.3) is 0 Å². The van der Waals surface area contributed by atoms with E-state index >= 15 is 0 Å². The smallest absolute Gasteiger partial charge is 0.219 e. The molecular weight excluding hydrogens is 415 g/mol. The van der Waals surface area contributed by atoms with Gasteiger partial charge < -0.3 is 15.1 Å². The maximum atomic E-state index is 14.8. The van der Waals surface area contributed by atoms with Gasteiger partial charge in [-0.15, -0.1) is 0 Å². The molecule has 1 amide bonds.